The second kappa shape index (κ2) is 5.22. The Kier molecular flexibility index (Phi) is 3.85. The van der Waals surface area contributed by atoms with Crippen LogP contribution in [0.4, 0.5) is 0 Å². The number of halogens is 1. The van der Waals surface area contributed by atoms with Crippen molar-refractivity contribution in [1.29, 1.82) is 0 Å². The first-order valence-electron chi connectivity index (χ1n) is 5.81. The number of carbonyl (C=O) groups is 1. The van der Waals surface area contributed by atoms with Crippen molar-refractivity contribution < 1.29 is 9.90 Å². The average Bonchev–Trinajstić information content (AvgIpc) is 2.30. The molecule has 98 valence electrons. The van der Waals surface area contributed by atoms with Gasteiger partial charge in [0, 0.05) is 19.6 Å². The normalized spacial score (nSPS) is 15.5. The molecule has 0 spiro atoms. The van der Waals surface area contributed by atoms with Gasteiger partial charge in [0.2, 0.25) is 0 Å². The van der Waals surface area contributed by atoms with Gasteiger partial charge in [-0.1, -0.05) is 11.6 Å². The first-order chi connectivity index (χ1) is 8.54. The molecular weight excluding hydrogens is 254 g/mol. The molecule has 2 N–H and O–H groups in total. The van der Waals surface area contributed by atoms with Crippen molar-refractivity contribution in [3.05, 3.63) is 27.5 Å². The number of nitrogens with one attached hydrogen (secondary N) is 1. The number of carboxylic acid groups (broad SMARTS) is 1. The van der Waals surface area contributed by atoms with E-state index in [1.54, 1.807) is 7.05 Å². The molecule has 18 heavy (non-hydrogen) atoms. The van der Waals surface area contributed by atoms with Crippen LogP contribution in [0.3, 0.4) is 0 Å². The molecule has 1 aromatic heterocycles. The van der Waals surface area contributed by atoms with Crippen molar-refractivity contribution >= 4 is 17.6 Å². The number of carboxylic acids is 1. The Morgan fingerprint density at radius 3 is 2.94 bits per heavy atom. The summed E-state index contributed by atoms with van der Waals surface area (Å²) in [6, 6.07) is 0. The van der Waals surface area contributed by atoms with Gasteiger partial charge in [0.25, 0.3) is 0 Å². The molecule has 0 amide bonds. The molecule has 5 nitrogen and oxygen atoms in total. The summed E-state index contributed by atoms with van der Waals surface area (Å²) in [7, 11) is 3.78. The van der Waals surface area contributed by atoms with Gasteiger partial charge in [-0.3, -0.25) is 4.98 Å². The van der Waals surface area contributed by atoms with Crippen LogP contribution in [0, 0.1) is 0 Å². The lowest BCUT2D eigenvalue weighted by Crippen LogP contribution is -2.30. The number of hydrogen-bond acceptors (Lipinski definition) is 4. The molecule has 0 atom stereocenters. The van der Waals surface area contributed by atoms with Crippen molar-refractivity contribution in [3.63, 3.8) is 0 Å². The van der Waals surface area contributed by atoms with E-state index in [4.69, 9.17) is 11.6 Å². The molecule has 1 aliphatic rings. The monoisotopic (exact) mass is 269 g/mol. The number of nitrogens with zero attached hydrogens (tertiary/aromatic N) is 2. The van der Waals surface area contributed by atoms with Crippen LogP contribution in [-0.2, 0) is 19.5 Å². The Hall–Kier alpha value is -1.17. The minimum atomic E-state index is -0.972. The highest BCUT2D eigenvalue weighted by atomic mass is 35.5. The predicted octanol–water partition coefficient (Wildman–Crippen LogP) is 1.14. The van der Waals surface area contributed by atoms with Crippen LogP contribution in [0.5, 0.6) is 0 Å². The van der Waals surface area contributed by atoms with Gasteiger partial charge in [0.1, 0.15) is 0 Å². The molecule has 0 saturated heterocycles. The largest absolute Gasteiger partial charge is 0.478 e. The molecule has 0 bridgehead atoms. The molecule has 1 aliphatic heterocycles. The lowest BCUT2D eigenvalue weighted by Gasteiger charge is -2.26. The zero-order chi connectivity index (χ0) is 13.3. The Bertz CT molecular complexity index is 491. The van der Waals surface area contributed by atoms with E-state index in [1.165, 1.54) is 0 Å². The summed E-state index contributed by atoms with van der Waals surface area (Å²) in [5.74, 6) is -0.972. The summed E-state index contributed by atoms with van der Waals surface area (Å²) in [6.45, 7) is 1.97. The van der Waals surface area contributed by atoms with Crippen LogP contribution in [-0.4, -0.2) is 41.6 Å². The molecule has 0 saturated carbocycles. The van der Waals surface area contributed by atoms with Crippen LogP contribution in [0.2, 0.25) is 5.02 Å². The second-order valence-electron chi connectivity index (χ2n) is 4.50. The summed E-state index contributed by atoms with van der Waals surface area (Å²) in [5, 5.41) is 12.6. The highest BCUT2D eigenvalue weighted by molar-refractivity contribution is 6.34. The van der Waals surface area contributed by atoms with Crippen LogP contribution in [0.15, 0.2) is 0 Å². The van der Waals surface area contributed by atoms with E-state index in [-0.39, 0.29) is 10.6 Å². The molecule has 6 heteroatoms. The second-order valence-corrected chi connectivity index (χ2v) is 4.87. The van der Waals surface area contributed by atoms with E-state index in [0.717, 1.165) is 17.8 Å². The Labute approximate surface area is 111 Å². The van der Waals surface area contributed by atoms with Gasteiger partial charge in [0.05, 0.1) is 22.0 Å². The summed E-state index contributed by atoms with van der Waals surface area (Å²) in [6.07, 6.45) is 0.681. The molecule has 0 unspecified atom stereocenters. The van der Waals surface area contributed by atoms with Crippen LogP contribution in [0.1, 0.15) is 27.3 Å². The maximum Gasteiger partial charge on any atom is 0.337 e. The third-order valence-corrected chi connectivity index (χ3v) is 3.52. The Morgan fingerprint density at radius 1 is 1.61 bits per heavy atom. The van der Waals surface area contributed by atoms with Gasteiger partial charge >= 0.3 is 5.97 Å². The number of rotatable bonds is 3. The SMILES string of the molecule is CNCc1nc2c(c(C(=O)O)c1Cl)CCN(C)C2. The molecule has 0 aromatic carbocycles. The van der Waals surface area contributed by atoms with E-state index >= 15 is 0 Å². The van der Waals surface area contributed by atoms with E-state index in [9.17, 15) is 9.90 Å². The standard InChI is InChI=1S/C12H16ClN3O2/c1-14-5-8-11(13)10(12(17)18)7-3-4-16(2)6-9(7)15-8/h14H,3-6H2,1-2H3,(H,17,18). The quantitative estimate of drug-likeness (QED) is 0.862. The molecule has 1 aromatic rings. The third kappa shape index (κ3) is 2.34. The van der Waals surface area contributed by atoms with E-state index in [1.807, 2.05) is 7.05 Å². The fourth-order valence-corrected chi connectivity index (χ4v) is 2.55. The van der Waals surface area contributed by atoms with Crippen molar-refractivity contribution in [2.45, 2.75) is 19.5 Å². The van der Waals surface area contributed by atoms with E-state index < -0.39 is 5.97 Å². The van der Waals surface area contributed by atoms with Gasteiger partial charge in [0.15, 0.2) is 0 Å². The van der Waals surface area contributed by atoms with Crippen LogP contribution >= 0.6 is 11.6 Å². The third-order valence-electron chi connectivity index (χ3n) is 3.11. The fraction of sp³-hybridized carbons (Fsp3) is 0.500. The number of aromatic carboxylic acids is 1. The fourth-order valence-electron chi connectivity index (χ4n) is 2.25. The number of hydrogen-bond donors (Lipinski definition) is 2. The molecule has 2 rings (SSSR count). The first-order valence-corrected chi connectivity index (χ1v) is 6.19. The van der Waals surface area contributed by atoms with Gasteiger partial charge in [-0.25, -0.2) is 4.79 Å². The summed E-state index contributed by atoms with van der Waals surface area (Å²) in [4.78, 5) is 18.0. The minimum absolute atomic E-state index is 0.222. The molecular formula is C12H16ClN3O2. The summed E-state index contributed by atoms with van der Waals surface area (Å²) < 4.78 is 0. The van der Waals surface area contributed by atoms with E-state index in [0.29, 0.717) is 25.2 Å². The molecule has 0 fully saturated rings. The molecule has 0 aliphatic carbocycles. The van der Waals surface area contributed by atoms with Gasteiger partial charge in [-0.05, 0) is 26.1 Å². The summed E-state index contributed by atoms with van der Waals surface area (Å²) >= 11 is 6.16. The number of pyridine rings is 1. The van der Waals surface area contributed by atoms with Crippen LogP contribution < -0.4 is 5.32 Å². The zero-order valence-electron chi connectivity index (χ0n) is 10.5. The van der Waals surface area contributed by atoms with Crippen molar-refractivity contribution in [1.82, 2.24) is 15.2 Å². The van der Waals surface area contributed by atoms with Gasteiger partial charge in [-0.15, -0.1) is 0 Å². The maximum absolute atomic E-state index is 11.4. The number of fused-ring (bicyclic) bond motifs is 1. The zero-order valence-corrected chi connectivity index (χ0v) is 11.2. The van der Waals surface area contributed by atoms with Crippen molar-refractivity contribution in [2.75, 3.05) is 20.6 Å². The lowest BCUT2D eigenvalue weighted by atomic mass is 9.98. The Morgan fingerprint density at radius 2 is 2.33 bits per heavy atom. The lowest BCUT2D eigenvalue weighted by molar-refractivity contribution is 0.0694. The number of likely N-dealkylation sites (N-methyl/N-ethyl adjacent to an activating group) is 1. The first kappa shape index (κ1) is 13.3. The van der Waals surface area contributed by atoms with E-state index in [2.05, 4.69) is 15.2 Å². The maximum atomic E-state index is 11.4. The number of aromatic nitrogens is 1. The van der Waals surface area contributed by atoms with Gasteiger partial charge < -0.3 is 15.3 Å². The van der Waals surface area contributed by atoms with Crippen LogP contribution in [0.25, 0.3) is 0 Å². The van der Waals surface area contributed by atoms with Crippen molar-refractivity contribution in [2.24, 2.45) is 0 Å². The summed E-state index contributed by atoms with van der Waals surface area (Å²) in [5.41, 5.74) is 2.44. The molecule has 0 radical (unpaired) electrons. The topological polar surface area (TPSA) is 65.5 Å². The smallest absolute Gasteiger partial charge is 0.337 e. The predicted molar refractivity (Wildman–Crippen MR) is 69.0 cm³/mol. The highest BCUT2D eigenvalue weighted by Crippen LogP contribution is 2.29. The average molecular weight is 270 g/mol. The molecule has 2 heterocycles. The van der Waals surface area contributed by atoms with Gasteiger partial charge in [-0.2, -0.15) is 0 Å². The van der Waals surface area contributed by atoms with Crippen molar-refractivity contribution in [3.8, 4) is 0 Å². The highest BCUT2D eigenvalue weighted by Gasteiger charge is 2.26. The minimum Gasteiger partial charge on any atom is -0.478 e. The Balaban J connectivity index is 2.59.